The van der Waals surface area contributed by atoms with Gasteiger partial charge in [-0.25, -0.2) is 0 Å². The summed E-state index contributed by atoms with van der Waals surface area (Å²) in [5.74, 6) is 1.12. The molecule has 0 aromatic carbocycles. The van der Waals surface area contributed by atoms with E-state index in [1.54, 1.807) is 0 Å². The first-order chi connectivity index (χ1) is 9.87. The third kappa shape index (κ3) is 2.16. The van der Waals surface area contributed by atoms with Crippen LogP contribution in [0.3, 0.4) is 0 Å². The second kappa shape index (κ2) is 4.96. The second-order valence-corrected chi connectivity index (χ2v) is 6.90. The maximum absolute atomic E-state index is 12.5. The van der Waals surface area contributed by atoms with E-state index >= 15 is 0 Å². The number of rotatable bonds is 2. The SMILES string of the molecule is C=C(C)[C@@H]1CC[C@@]2(C)OC3=C(C[C@@H]12)C(=O)[C@@H](OC)C[C@@H]3O. The Kier molecular flexibility index (Phi) is 3.49. The van der Waals surface area contributed by atoms with Crippen molar-refractivity contribution in [3.05, 3.63) is 23.5 Å². The molecule has 1 saturated carbocycles. The minimum atomic E-state index is -0.732. The highest BCUT2D eigenvalue weighted by Gasteiger charge is 2.53. The van der Waals surface area contributed by atoms with Crippen LogP contribution in [-0.4, -0.2) is 35.8 Å². The van der Waals surface area contributed by atoms with Crippen LogP contribution in [0.25, 0.3) is 0 Å². The Balaban J connectivity index is 1.97. The highest BCUT2D eigenvalue weighted by atomic mass is 16.5. The number of aliphatic hydroxyl groups excluding tert-OH is 1. The lowest BCUT2D eigenvalue weighted by Gasteiger charge is -2.44. The molecule has 1 aliphatic heterocycles. The molecule has 5 atom stereocenters. The van der Waals surface area contributed by atoms with Crippen molar-refractivity contribution in [3.8, 4) is 0 Å². The molecule has 116 valence electrons. The normalized spacial score (nSPS) is 42.4. The average Bonchev–Trinajstić information content (AvgIpc) is 2.77. The Hall–Kier alpha value is -1.13. The molecule has 0 unspecified atom stereocenters. The molecule has 1 heterocycles. The van der Waals surface area contributed by atoms with Gasteiger partial charge < -0.3 is 14.6 Å². The molecule has 3 rings (SSSR count). The van der Waals surface area contributed by atoms with E-state index in [0.29, 0.717) is 30.1 Å². The van der Waals surface area contributed by atoms with Crippen LogP contribution in [0.5, 0.6) is 0 Å². The number of methoxy groups -OCH3 is 1. The molecule has 0 saturated heterocycles. The van der Waals surface area contributed by atoms with E-state index in [4.69, 9.17) is 9.47 Å². The zero-order valence-corrected chi connectivity index (χ0v) is 13.0. The maximum atomic E-state index is 12.5. The van der Waals surface area contributed by atoms with Crippen LogP contribution in [0, 0.1) is 11.8 Å². The van der Waals surface area contributed by atoms with Gasteiger partial charge in [-0.3, -0.25) is 4.79 Å². The first kappa shape index (κ1) is 14.8. The van der Waals surface area contributed by atoms with Gasteiger partial charge in [0.2, 0.25) is 0 Å². The molecule has 21 heavy (non-hydrogen) atoms. The Bertz CT molecular complexity index is 521. The Labute approximate surface area is 125 Å². The topological polar surface area (TPSA) is 55.8 Å². The van der Waals surface area contributed by atoms with E-state index in [-0.39, 0.29) is 17.3 Å². The predicted octanol–water partition coefficient (Wildman–Crippen LogP) is 2.37. The van der Waals surface area contributed by atoms with E-state index in [2.05, 4.69) is 20.4 Å². The van der Waals surface area contributed by atoms with Crippen LogP contribution in [-0.2, 0) is 14.3 Å². The molecule has 0 aromatic heterocycles. The number of carbonyl (C=O) groups is 1. The third-order valence-corrected chi connectivity index (χ3v) is 5.53. The first-order valence-corrected chi connectivity index (χ1v) is 7.70. The van der Waals surface area contributed by atoms with Crippen LogP contribution < -0.4 is 0 Å². The van der Waals surface area contributed by atoms with E-state index < -0.39 is 12.2 Å². The summed E-state index contributed by atoms with van der Waals surface area (Å²) in [6.45, 7) is 8.25. The van der Waals surface area contributed by atoms with Gasteiger partial charge in [0.25, 0.3) is 0 Å². The van der Waals surface area contributed by atoms with Gasteiger partial charge >= 0.3 is 0 Å². The van der Waals surface area contributed by atoms with Crippen LogP contribution in [0.4, 0.5) is 0 Å². The minimum absolute atomic E-state index is 0.0211. The molecular weight excluding hydrogens is 268 g/mol. The maximum Gasteiger partial charge on any atom is 0.191 e. The molecule has 4 nitrogen and oxygen atoms in total. The van der Waals surface area contributed by atoms with Gasteiger partial charge in [0.05, 0.1) is 0 Å². The Morgan fingerprint density at radius 2 is 2.24 bits per heavy atom. The van der Waals surface area contributed by atoms with Gasteiger partial charge in [0, 0.05) is 25.0 Å². The highest BCUT2D eigenvalue weighted by molar-refractivity contribution is 6.00. The molecule has 0 bridgehead atoms. The zero-order valence-electron chi connectivity index (χ0n) is 13.0. The van der Waals surface area contributed by atoms with Gasteiger partial charge in [0.1, 0.15) is 23.6 Å². The number of allylic oxidation sites excluding steroid dienone is 1. The number of fused-ring (bicyclic) bond motifs is 1. The van der Waals surface area contributed by atoms with Crippen molar-refractivity contribution in [2.24, 2.45) is 11.8 Å². The summed E-state index contributed by atoms with van der Waals surface area (Å²) in [5.41, 5.74) is 1.50. The Morgan fingerprint density at radius 1 is 1.52 bits per heavy atom. The van der Waals surface area contributed by atoms with Crippen LogP contribution >= 0.6 is 0 Å². The second-order valence-electron chi connectivity index (χ2n) is 6.90. The lowest BCUT2D eigenvalue weighted by Crippen LogP contribution is -2.47. The lowest BCUT2D eigenvalue weighted by atomic mass is 9.74. The van der Waals surface area contributed by atoms with E-state index in [1.807, 2.05) is 0 Å². The number of aliphatic hydroxyl groups is 1. The van der Waals surface area contributed by atoms with Gasteiger partial charge in [-0.2, -0.15) is 0 Å². The monoisotopic (exact) mass is 292 g/mol. The van der Waals surface area contributed by atoms with Crippen molar-refractivity contribution in [1.82, 2.24) is 0 Å². The van der Waals surface area contributed by atoms with Crippen molar-refractivity contribution in [2.75, 3.05) is 7.11 Å². The first-order valence-electron chi connectivity index (χ1n) is 7.70. The lowest BCUT2D eigenvalue weighted by molar-refractivity contribution is -0.135. The molecule has 0 aromatic rings. The number of Topliss-reactive ketones (excluding diaryl/α,β-unsaturated/α-hetero) is 1. The summed E-state index contributed by atoms with van der Waals surface area (Å²) in [6, 6.07) is 0. The fraction of sp³-hybridized carbons (Fsp3) is 0.706. The van der Waals surface area contributed by atoms with E-state index in [9.17, 15) is 9.90 Å². The van der Waals surface area contributed by atoms with Gasteiger partial charge in [-0.15, -0.1) is 0 Å². The highest BCUT2D eigenvalue weighted by Crippen LogP contribution is 2.53. The molecular formula is C17H24O4. The molecule has 0 spiro atoms. The summed E-state index contributed by atoms with van der Waals surface area (Å²) in [7, 11) is 1.51. The smallest absolute Gasteiger partial charge is 0.191 e. The molecule has 2 aliphatic carbocycles. The fourth-order valence-electron chi connectivity index (χ4n) is 4.27. The standard InChI is InChI=1S/C17H24O4/c1-9(2)10-5-6-17(3)12(10)7-11-15(19)14(20-4)8-13(18)16(11)21-17/h10,12-14,18H,1,5-8H2,2-4H3/t10-,12-,13-,14-,17+/m0/s1. The van der Waals surface area contributed by atoms with Crippen LogP contribution in [0.15, 0.2) is 23.5 Å². The average molecular weight is 292 g/mol. The van der Waals surface area contributed by atoms with Crippen LogP contribution in [0.2, 0.25) is 0 Å². The molecule has 0 amide bonds. The van der Waals surface area contributed by atoms with Crippen molar-refractivity contribution < 1.29 is 19.4 Å². The summed E-state index contributed by atoms with van der Waals surface area (Å²) in [6.07, 6.45) is 1.66. The third-order valence-electron chi connectivity index (χ3n) is 5.53. The van der Waals surface area contributed by atoms with E-state index in [0.717, 1.165) is 18.4 Å². The summed E-state index contributed by atoms with van der Waals surface area (Å²) in [5, 5.41) is 10.3. The number of ether oxygens (including phenoxy) is 2. The zero-order chi connectivity index (χ0) is 15.4. The predicted molar refractivity (Wildman–Crippen MR) is 78.6 cm³/mol. The van der Waals surface area contributed by atoms with Crippen molar-refractivity contribution in [2.45, 2.75) is 57.3 Å². The number of ketones is 1. The molecule has 3 aliphatic rings. The summed E-state index contributed by atoms with van der Waals surface area (Å²) in [4.78, 5) is 12.5. The van der Waals surface area contributed by atoms with Gasteiger partial charge in [-0.05, 0) is 39.0 Å². The molecule has 0 radical (unpaired) electrons. The molecule has 1 N–H and O–H groups in total. The molecule has 4 heteroatoms. The Morgan fingerprint density at radius 3 is 2.86 bits per heavy atom. The number of hydrogen-bond donors (Lipinski definition) is 1. The minimum Gasteiger partial charge on any atom is -0.488 e. The number of carbonyl (C=O) groups excluding carboxylic acids is 1. The van der Waals surface area contributed by atoms with E-state index in [1.165, 1.54) is 7.11 Å². The summed E-state index contributed by atoms with van der Waals surface area (Å²) < 4.78 is 11.4. The number of hydrogen-bond acceptors (Lipinski definition) is 4. The fourth-order valence-corrected chi connectivity index (χ4v) is 4.27. The van der Waals surface area contributed by atoms with Crippen molar-refractivity contribution in [3.63, 3.8) is 0 Å². The largest absolute Gasteiger partial charge is 0.488 e. The van der Waals surface area contributed by atoms with Crippen molar-refractivity contribution in [1.29, 1.82) is 0 Å². The summed E-state index contributed by atoms with van der Waals surface area (Å²) >= 11 is 0. The van der Waals surface area contributed by atoms with Crippen molar-refractivity contribution >= 4 is 5.78 Å². The van der Waals surface area contributed by atoms with Crippen LogP contribution in [0.1, 0.15) is 39.5 Å². The van der Waals surface area contributed by atoms with Gasteiger partial charge in [0.15, 0.2) is 5.78 Å². The quantitative estimate of drug-likeness (QED) is 0.794. The molecule has 1 fully saturated rings. The van der Waals surface area contributed by atoms with Gasteiger partial charge in [-0.1, -0.05) is 12.2 Å².